The van der Waals surface area contributed by atoms with Crippen LogP contribution in [-0.4, -0.2) is 31.6 Å². The standard InChI is InChI=1S/C19H23N5O2S/c1-5-27-15-8-6-14(7-9-15)11-17-21-22-19(26-17)20-18(25)16-10-13(4)23-24(16)12(2)3/h6-10,12H,5,11H2,1-4H3,(H,20,22,25). The molecule has 0 atom stereocenters. The smallest absolute Gasteiger partial charge is 0.322 e. The summed E-state index contributed by atoms with van der Waals surface area (Å²) < 4.78 is 7.25. The van der Waals surface area contributed by atoms with Gasteiger partial charge >= 0.3 is 6.01 Å². The van der Waals surface area contributed by atoms with Gasteiger partial charge in [0.15, 0.2) is 0 Å². The Morgan fingerprint density at radius 2 is 2.00 bits per heavy atom. The highest BCUT2D eigenvalue weighted by Crippen LogP contribution is 2.19. The van der Waals surface area contributed by atoms with E-state index in [0.717, 1.165) is 17.0 Å². The highest BCUT2D eigenvalue weighted by molar-refractivity contribution is 7.99. The number of benzene rings is 1. The third-order valence-electron chi connectivity index (χ3n) is 3.86. The largest absolute Gasteiger partial charge is 0.407 e. The van der Waals surface area contributed by atoms with Crippen molar-refractivity contribution in [2.45, 2.75) is 45.1 Å². The van der Waals surface area contributed by atoms with E-state index >= 15 is 0 Å². The molecule has 0 aliphatic rings. The van der Waals surface area contributed by atoms with Gasteiger partial charge in [0.1, 0.15) is 5.69 Å². The predicted octanol–water partition coefficient (Wildman–Crippen LogP) is 4.11. The van der Waals surface area contributed by atoms with Crippen LogP contribution in [0.4, 0.5) is 6.01 Å². The zero-order valence-corrected chi connectivity index (χ0v) is 16.7. The van der Waals surface area contributed by atoms with Crippen LogP contribution >= 0.6 is 11.8 Å². The summed E-state index contributed by atoms with van der Waals surface area (Å²) >= 11 is 1.80. The van der Waals surface area contributed by atoms with Gasteiger partial charge in [-0.25, -0.2) is 0 Å². The Morgan fingerprint density at radius 1 is 1.26 bits per heavy atom. The molecule has 0 radical (unpaired) electrons. The van der Waals surface area contributed by atoms with Gasteiger partial charge in [-0.2, -0.15) is 5.10 Å². The number of carbonyl (C=O) groups excluding carboxylic acids is 1. The first kappa shape index (κ1) is 19.2. The Kier molecular flexibility index (Phi) is 5.95. The Balaban J connectivity index is 1.66. The van der Waals surface area contributed by atoms with E-state index in [1.165, 1.54) is 4.90 Å². The summed E-state index contributed by atoms with van der Waals surface area (Å²) in [4.78, 5) is 13.8. The number of aromatic nitrogens is 4. The lowest BCUT2D eigenvalue weighted by Crippen LogP contribution is -2.19. The molecule has 142 valence electrons. The van der Waals surface area contributed by atoms with Crippen LogP contribution in [0.5, 0.6) is 0 Å². The summed E-state index contributed by atoms with van der Waals surface area (Å²) in [5.74, 6) is 1.18. The van der Waals surface area contributed by atoms with E-state index in [1.54, 1.807) is 22.5 Å². The molecule has 0 aliphatic carbocycles. The Morgan fingerprint density at radius 3 is 2.67 bits per heavy atom. The summed E-state index contributed by atoms with van der Waals surface area (Å²) in [6, 6.07) is 10.2. The summed E-state index contributed by atoms with van der Waals surface area (Å²) in [7, 11) is 0. The molecule has 0 aliphatic heterocycles. The lowest BCUT2D eigenvalue weighted by atomic mass is 10.1. The molecule has 3 rings (SSSR count). The van der Waals surface area contributed by atoms with Crippen LogP contribution in [0.15, 0.2) is 39.6 Å². The van der Waals surface area contributed by atoms with Crippen molar-refractivity contribution in [2.75, 3.05) is 11.1 Å². The Bertz CT molecular complexity index is 915. The second-order valence-corrected chi connectivity index (χ2v) is 7.76. The maximum atomic E-state index is 12.5. The van der Waals surface area contributed by atoms with Gasteiger partial charge in [-0.3, -0.25) is 14.8 Å². The molecule has 1 aromatic carbocycles. The third-order valence-corrected chi connectivity index (χ3v) is 4.75. The van der Waals surface area contributed by atoms with Crippen molar-refractivity contribution in [1.82, 2.24) is 20.0 Å². The van der Waals surface area contributed by atoms with Gasteiger partial charge in [-0.15, -0.1) is 16.9 Å². The number of hydrogen-bond acceptors (Lipinski definition) is 6. The average Bonchev–Trinajstić information content (AvgIpc) is 3.23. The number of carbonyl (C=O) groups is 1. The number of nitrogens with one attached hydrogen (secondary N) is 1. The first-order valence-corrected chi connectivity index (χ1v) is 9.86. The first-order valence-electron chi connectivity index (χ1n) is 8.88. The van der Waals surface area contributed by atoms with Gasteiger partial charge in [-0.05, 0) is 50.3 Å². The second-order valence-electron chi connectivity index (χ2n) is 6.42. The van der Waals surface area contributed by atoms with Crippen LogP contribution in [0.25, 0.3) is 0 Å². The molecule has 27 heavy (non-hydrogen) atoms. The molecule has 1 N–H and O–H groups in total. The molecule has 0 saturated heterocycles. The van der Waals surface area contributed by atoms with E-state index in [1.807, 2.05) is 32.9 Å². The molecule has 3 aromatic rings. The first-order chi connectivity index (χ1) is 13.0. The fraction of sp³-hybridized carbons (Fsp3) is 0.368. The fourth-order valence-corrected chi connectivity index (χ4v) is 3.32. The highest BCUT2D eigenvalue weighted by Gasteiger charge is 2.18. The van der Waals surface area contributed by atoms with E-state index in [9.17, 15) is 4.79 Å². The molecule has 0 bridgehead atoms. The van der Waals surface area contributed by atoms with E-state index in [0.29, 0.717) is 18.0 Å². The monoisotopic (exact) mass is 385 g/mol. The minimum atomic E-state index is -0.319. The average molecular weight is 385 g/mol. The minimum Gasteiger partial charge on any atom is -0.407 e. The maximum absolute atomic E-state index is 12.5. The number of rotatable bonds is 7. The lowest BCUT2D eigenvalue weighted by Gasteiger charge is -2.09. The van der Waals surface area contributed by atoms with Crippen molar-refractivity contribution in [3.05, 3.63) is 53.2 Å². The summed E-state index contributed by atoms with van der Waals surface area (Å²) in [5, 5.41) is 14.9. The molecular formula is C19H23N5O2S. The number of aryl methyl sites for hydroxylation is 1. The second kappa shape index (κ2) is 8.39. The third kappa shape index (κ3) is 4.77. The quantitative estimate of drug-likeness (QED) is 0.616. The number of nitrogens with zero attached hydrogens (tertiary/aromatic N) is 4. The van der Waals surface area contributed by atoms with Gasteiger partial charge in [0.2, 0.25) is 5.89 Å². The zero-order chi connectivity index (χ0) is 19.4. The van der Waals surface area contributed by atoms with E-state index < -0.39 is 0 Å². The van der Waals surface area contributed by atoms with Crippen molar-refractivity contribution >= 4 is 23.7 Å². The number of hydrogen-bond donors (Lipinski definition) is 1. The zero-order valence-electron chi connectivity index (χ0n) is 15.9. The molecule has 0 saturated carbocycles. The van der Waals surface area contributed by atoms with Crippen LogP contribution in [0.3, 0.4) is 0 Å². The molecule has 7 nitrogen and oxygen atoms in total. The van der Waals surface area contributed by atoms with Crippen molar-refractivity contribution in [3.8, 4) is 0 Å². The molecule has 0 unspecified atom stereocenters. The normalized spacial score (nSPS) is 11.1. The maximum Gasteiger partial charge on any atom is 0.322 e. The van der Waals surface area contributed by atoms with E-state index in [2.05, 4.69) is 39.7 Å². The number of thioether (sulfide) groups is 1. The molecular weight excluding hydrogens is 362 g/mol. The van der Waals surface area contributed by atoms with Gasteiger partial charge in [0, 0.05) is 10.9 Å². The fourth-order valence-electron chi connectivity index (χ4n) is 2.66. The van der Waals surface area contributed by atoms with Crippen molar-refractivity contribution in [3.63, 3.8) is 0 Å². The number of amides is 1. The van der Waals surface area contributed by atoms with E-state index in [-0.39, 0.29) is 18.0 Å². The SMILES string of the molecule is CCSc1ccc(Cc2nnc(NC(=O)c3cc(C)nn3C(C)C)o2)cc1. The van der Waals surface area contributed by atoms with Gasteiger partial charge in [0.25, 0.3) is 5.91 Å². The van der Waals surface area contributed by atoms with Crippen molar-refractivity contribution < 1.29 is 9.21 Å². The van der Waals surface area contributed by atoms with Crippen LogP contribution in [0.2, 0.25) is 0 Å². The van der Waals surface area contributed by atoms with Crippen LogP contribution in [-0.2, 0) is 6.42 Å². The molecule has 0 fully saturated rings. The van der Waals surface area contributed by atoms with E-state index in [4.69, 9.17) is 4.42 Å². The topological polar surface area (TPSA) is 85.8 Å². The molecule has 2 aromatic heterocycles. The van der Waals surface area contributed by atoms with Crippen molar-refractivity contribution in [2.24, 2.45) is 0 Å². The lowest BCUT2D eigenvalue weighted by molar-refractivity contribution is 0.101. The number of anilines is 1. The Hall–Kier alpha value is -2.61. The molecule has 1 amide bonds. The summed E-state index contributed by atoms with van der Waals surface area (Å²) in [5.41, 5.74) is 2.32. The van der Waals surface area contributed by atoms with Crippen LogP contribution in [0.1, 0.15) is 54.4 Å². The van der Waals surface area contributed by atoms with Crippen LogP contribution in [0, 0.1) is 6.92 Å². The van der Waals surface area contributed by atoms with Gasteiger partial charge in [-0.1, -0.05) is 24.2 Å². The van der Waals surface area contributed by atoms with Crippen LogP contribution < -0.4 is 5.32 Å². The molecule has 2 heterocycles. The Labute approximate surface area is 162 Å². The minimum absolute atomic E-state index is 0.0755. The predicted molar refractivity (Wildman–Crippen MR) is 105 cm³/mol. The van der Waals surface area contributed by atoms with Crippen molar-refractivity contribution in [1.29, 1.82) is 0 Å². The molecule has 0 spiro atoms. The van der Waals surface area contributed by atoms with Gasteiger partial charge < -0.3 is 4.42 Å². The molecule has 8 heteroatoms. The summed E-state index contributed by atoms with van der Waals surface area (Å²) in [6.45, 7) is 7.92. The highest BCUT2D eigenvalue weighted by atomic mass is 32.2. The van der Waals surface area contributed by atoms with Gasteiger partial charge in [0.05, 0.1) is 12.1 Å². The summed E-state index contributed by atoms with van der Waals surface area (Å²) in [6.07, 6.45) is 0.517.